The minimum absolute atomic E-state index is 0.0206. The predicted molar refractivity (Wildman–Crippen MR) is 71.6 cm³/mol. The van der Waals surface area contributed by atoms with Gasteiger partial charge in [0.25, 0.3) is 0 Å². The Labute approximate surface area is 111 Å². The minimum Gasteiger partial charge on any atom is -0.444 e. The molecule has 98 valence electrons. The largest absolute Gasteiger partial charge is 0.444 e. The summed E-state index contributed by atoms with van der Waals surface area (Å²) in [5.41, 5.74) is 1.67. The number of nitrogens with one attached hydrogen (secondary N) is 2. The van der Waals surface area contributed by atoms with E-state index >= 15 is 0 Å². The van der Waals surface area contributed by atoms with Crippen molar-refractivity contribution in [3.8, 4) is 11.3 Å². The first kappa shape index (κ1) is 11.9. The lowest BCUT2D eigenvalue weighted by atomic mass is 10.1. The number of carbonyl (C=O) groups is 1. The monoisotopic (exact) mass is 257 g/mol. The van der Waals surface area contributed by atoms with Crippen molar-refractivity contribution in [2.75, 3.05) is 11.9 Å². The van der Waals surface area contributed by atoms with Crippen LogP contribution >= 0.6 is 0 Å². The maximum atomic E-state index is 12.0. The molecule has 0 bridgehead atoms. The van der Waals surface area contributed by atoms with Gasteiger partial charge in [-0.1, -0.05) is 12.1 Å². The van der Waals surface area contributed by atoms with Crippen molar-refractivity contribution in [2.24, 2.45) is 0 Å². The van der Waals surface area contributed by atoms with Crippen LogP contribution in [0.2, 0.25) is 0 Å². The molecule has 1 aliphatic rings. The molecular formula is C14H15N3O2. The lowest BCUT2D eigenvalue weighted by Crippen LogP contribution is -2.35. The van der Waals surface area contributed by atoms with Gasteiger partial charge >= 0.3 is 0 Å². The van der Waals surface area contributed by atoms with Crippen LogP contribution in [0, 0.1) is 0 Å². The van der Waals surface area contributed by atoms with Gasteiger partial charge in [0, 0.05) is 11.3 Å². The molecule has 2 heterocycles. The van der Waals surface area contributed by atoms with Crippen molar-refractivity contribution in [2.45, 2.75) is 18.9 Å². The molecule has 1 fully saturated rings. The summed E-state index contributed by atoms with van der Waals surface area (Å²) in [5.74, 6) is 0.710. The number of benzene rings is 1. The summed E-state index contributed by atoms with van der Waals surface area (Å²) in [4.78, 5) is 15.9. The Balaban J connectivity index is 1.74. The summed E-state index contributed by atoms with van der Waals surface area (Å²) in [7, 11) is 0. The van der Waals surface area contributed by atoms with Gasteiger partial charge in [0.05, 0.1) is 12.2 Å². The van der Waals surface area contributed by atoms with Crippen LogP contribution in [0.1, 0.15) is 12.8 Å². The van der Waals surface area contributed by atoms with Crippen LogP contribution in [0.15, 0.2) is 41.3 Å². The molecule has 1 aromatic heterocycles. The quantitative estimate of drug-likeness (QED) is 0.883. The fraction of sp³-hybridized carbons (Fsp3) is 0.286. The smallest absolute Gasteiger partial charge is 0.241 e. The lowest BCUT2D eigenvalue weighted by Gasteiger charge is -2.11. The average Bonchev–Trinajstić information content (AvgIpc) is 3.13. The van der Waals surface area contributed by atoms with Crippen LogP contribution in [-0.2, 0) is 4.79 Å². The summed E-state index contributed by atoms with van der Waals surface area (Å²) >= 11 is 0. The average molecular weight is 257 g/mol. The molecule has 2 N–H and O–H groups in total. The van der Waals surface area contributed by atoms with Gasteiger partial charge in [-0.2, -0.15) is 0 Å². The van der Waals surface area contributed by atoms with Crippen molar-refractivity contribution >= 4 is 11.6 Å². The van der Waals surface area contributed by atoms with Crippen LogP contribution < -0.4 is 10.6 Å². The van der Waals surface area contributed by atoms with Crippen LogP contribution in [0.25, 0.3) is 11.3 Å². The minimum atomic E-state index is -0.0751. The van der Waals surface area contributed by atoms with Crippen LogP contribution in [-0.4, -0.2) is 23.5 Å². The van der Waals surface area contributed by atoms with Gasteiger partial charge < -0.3 is 15.1 Å². The van der Waals surface area contributed by atoms with Gasteiger partial charge in [-0.25, -0.2) is 4.98 Å². The Morgan fingerprint density at radius 1 is 1.47 bits per heavy atom. The van der Waals surface area contributed by atoms with Crippen molar-refractivity contribution in [3.05, 3.63) is 36.9 Å². The standard InChI is InChI=1S/C14H15N3O2/c18-14(12-5-2-6-16-12)17-11-4-1-3-10(7-11)13-8-15-9-19-13/h1,3-4,7-9,12,16H,2,5-6H2,(H,17,18)/t12-/m1/s1. The molecular weight excluding hydrogens is 242 g/mol. The lowest BCUT2D eigenvalue weighted by molar-refractivity contribution is -0.117. The molecule has 0 radical (unpaired) electrons. The molecule has 0 aliphatic carbocycles. The fourth-order valence-corrected chi connectivity index (χ4v) is 2.25. The third-order valence-corrected chi connectivity index (χ3v) is 3.22. The van der Waals surface area contributed by atoms with E-state index in [0.717, 1.165) is 30.6 Å². The van der Waals surface area contributed by atoms with Crippen molar-refractivity contribution in [1.29, 1.82) is 0 Å². The first-order valence-corrected chi connectivity index (χ1v) is 6.36. The van der Waals surface area contributed by atoms with Gasteiger partial charge in [-0.05, 0) is 31.5 Å². The number of rotatable bonds is 3. The Morgan fingerprint density at radius 2 is 2.42 bits per heavy atom. The van der Waals surface area contributed by atoms with Crippen molar-refractivity contribution < 1.29 is 9.21 Å². The van der Waals surface area contributed by atoms with Crippen LogP contribution in [0.3, 0.4) is 0 Å². The summed E-state index contributed by atoms with van der Waals surface area (Å²) in [6.07, 6.45) is 4.99. The van der Waals surface area contributed by atoms with E-state index in [1.807, 2.05) is 24.3 Å². The molecule has 0 spiro atoms. The highest BCUT2D eigenvalue weighted by molar-refractivity contribution is 5.95. The number of oxazole rings is 1. The molecule has 3 rings (SSSR count). The number of carbonyl (C=O) groups excluding carboxylic acids is 1. The van der Waals surface area contributed by atoms with E-state index in [2.05, 4.69) is 15.6 Å². The zero-order valence-electron chi connectivity index (χ0n) is 10.4. The molecule has 1 aliphatic heterocycles. The molecule has 1 aromatic carbocycles. The summed E-state index contributed by atoms with van der Waals surface area (Å²) < 4.78 is 5.24. The highest BCUT2D eigenvalue weighted by Crippen LogP contribution is 2.22. The Morgan fingerprint density at radius 3 is 3.16 bits per heavy atom. The third-order valence-electron chi connectivity index (χ3n) is 3.22. The van der Waals surface area contributed by atoms with Gasteiger partial charge in [0.2, 0.25) is 5.91 Å². The Kier molecular flexibility index (Phi) is 3.29. The number of amides is 1. The Bertz CT molecular complexity index is 560. The van der Waals surface area contributed by atoms with E-state index in [1.54, 1.807) is 6.20 Å². The second kappa shape index (κ2) is 5.24. The van der Waals surface area contributed by atoms with Gasteiger partial charge in [-0.15, -0.1) is 0 Å². The zero-order valence-corrected chi connectivity index (χ0v) is 10.4. The van der Waals surface area contributed by atoms with E-state index in [4.69, 9.17) is 4.42 Å². The summed E-state index contributed by atoms with van der Waals surface area (Å²) in [6.45, 7) is 0.913. The van der Waals surface area contributed by atoms with Gasteiger partial charge in [-0.3, -0.25) is 4.79 Å². The number of aromatic nitrogens is 1. The summed E-state index contributed by atoms with van der Waals surface area (Å²) in [6, 6.07) is 7.48. The van der Waals surface area contributed by atoms with E-state index in [9.17, 15) is 4.79 Å². The third kappa shape index (κ3) is 2.66. The molecule has 5 heteroatoms. The van der Waals surface area contributed by atoms with Crippen molar-refractivity contribution in [3.63, 3.8) is 0 Å². The Hall–Kier alpha value is -2.14. The molecule has 0 saturated carbocycles. The van der Waals surface area contributed by atoms with E-state index in [-0.39, 0.29) is 11.9 Å². The van der Waals surface area contributed by atoms with Crippen LogP contribution in [0.5, 0.6) is 0 Å². The molecule has 1 amide bonds. The molecule has 2 aromatic rings. The molecule has 5 nitrogen and oxygen atoms in total. The molecule has 1 saturated heterocycles. The maximum absolute atomic E-state index is 12.0. The van der Waals surface area contributed by atoms with E-state index in [1.165, 1.54) is 6.39 Å². The van der Waals surface area contributed by atoms with E-state index < -0.39 is 0 Å². The fourth-order valence-electron chi connectivity index (χ4n) is 2.25. The normalized spacial score (nSPS) is 18.4. The number of nitrogens with zero attached hydrogens (tertiary/aromatic N) is 1. The first-order valence-electron chi connectivity index (χ1n) is 6.36. The number of hydrogen-bond acceptors (Lipinski definition) is 4. The van der Waals surface area contributed by atoms with Gasteiger partial charge in [0.15, 0.2) is 12.2 Å². The predicted octanol–water partition coefficient (Wildman–Crippen LogP) is 2.03. The molecule has 1 atom stereocenters. The zero-order chi connectivity index (χ0) is 13.1. The second-order valence-electron chi connectivity index (χ2n) is 4.58. The van der Waals surface area contributed by atoms with Gasteiger partial charge in [0.1, 0.15) is 0 Å². The van der Waals surface area contributed by atoms with E-state index in [0.29, 0.717) is 5.76 Å². The number of anilines is 1. The summed E-state index contributed by atoms with van der Waals surface area (Å²) in [5, 5.41) is 6.10. The van der Waals surface area contributed by atoms with Crippen LogP contribution in [0.4, 0.5) is 5.69 Å². The molecule has 19 heavy (non-hydrogen) atoms. The topological polar surface area (TPSA) is 67.2 Å². The first-order chi connectivity index (χ1) is 9.33. The SMILES string of the molecule is O=C(Nc1cccc(-c2cnco2)c1)[C@H]1CCCN1. The molecule has 0 unspecified atom stereocenters. The second-order valence-corrected chi connectivity index (χ2v) is 4.58. The highest BCUT2D eigenvalue weighted by Gasteiger charge is 2.21. The van der Waals surface area contributed by atoms with Crippen molar-refractivity contribution in [1.82, 2.24) is 10.3 Å². The maximum Gasteiger partial charge on any atom is 0.241 e. The highest BCUT2D eigenvalue weighted by atomic mass is 16.3. The number of hydrogen-bond donors (Lipinski definition) is 2.